The van der Waals surface area contributed by atoms with Crippen LogP contribution in [0.2, 0.25) is 0 Å². The standard InChI is InChI=1S/C10H11NO2/c1-8(7-12)11-10(13)9-5-3-2-4-6-9/h2-8H,1H3,(H,11,13)/t8-/m1/s1. The summed E-state index contributed by atoms with van der Waals surface area (Å²) in [6, 6.07) is 8.35. The van der Waals surface area contributed by atoms with Gasteiger partial charge >= 0.3 is 0 Å². The number of amides is 1. The fraction of sp³-hybridized carbons (Fsp3) is 0.200. The van der Waals surface area contributed by atoms with Crippen LogP contribution >= 0.6 is 0 Å². The normalized spacial score (nSPS) is 11.8. The van der Waals surface area contributed by atoms with Gasteiger partial charge in [0, 0.05) is 5.56 Å². The lowest BCUT2D eigenvalue weighted by molar-refractivity contribution is -0.109. The number of hydrogen-bond acceptors (Lipinski definition) is 2. The van der Waals surface area contributed by atoms with Crippen molar-refractivity contribution in [3.63, 3.8) is 0 Å². The molecule has 3 nitrogen and oxygen atoms in total. The van der Waals surface area contributed by atoms with Gasteiger partial charge in [-0.2, -0.15) is 0 Å². The Labute approximate surface area is 76.8 Å². The van der Waals surface area contributed by atoms with Gasteiger partial charge in [0.15, 0.2) is 0 Å². The van der Waals surface area contributed by atoms with E-state index in [1.54, 1.807) is 31.2 Å². The number of carbonyl (C=O) groups is 2. The van der Waals surface area contributed by atoms with Crippen molar-refractivity contribution in [1.29, 1.82) is 0 Å². The average molecular weight is 177 g/mol. The topological polar surface area (TPSA) is 46.2 Å². The highest BCUT2D eigenvalue weighted by molar-refractivity contribution is 5.95. The molecule has 0 aromatic heterocycles. The highest BCUT2D eigenvalue weighted by atomic mass is 16.2. The van der Waals surface area contributed by atoms with Crippen molar-refractivity contribution in [2.24, 2.45) is 0 Å². The van der Waals surface area contributed by atoms with Gasteiger partial charge in [0.25, 0.3) is 5.91 Å². The first-order valence-corrected chi connectivity index (χ1v) is 4.05. The minimum atomic E-state index is -0.437. The van der Waals surface area contributed by atoms with Crippen LogP contribution in [0.1, 0.15) is 17.3 Å². The molecule has 0 aliphatic heterocycles. The van der Waals surface area contributed by atoms with E-state index in [9.17, 15) is 9.59 Å². The van der Waals surface area contributed by atoms with Crippen LogP contribution in [-0.4, -0.2) is 18.2 Å². The van der Waals surface area contributed by atoms with Gasteiger partial charge < -0.3 is 10.1 Å². The summed E-state index contributed by atoms with van der Waals surface area (Å²) >= 11 is 0. The largest absolute Gasteiger partial charge is 0.343 e. The molecule has 1 aromatic carbocycles. The predicted octanol–water partition coefficient (Wildman–Crippen LogP) is 1.00. The van der Waals surface area contributed by atoms with Crippen LogP contribution in [0.5, 0.6) is 0 Å². The van der Waals surface area contributed by atoms with E-state index < -0.39 is 6.04 Å². The monoisotopic (exact) mass is 177 g/mol. The van der Waals surface area contributed by atoms with Gasteiger partial charge in [0.2, 0.25) is 0 Å². The minimum Gasteiger partial charge on any atom is -0.343 e. The van der Waals surface area contributed by atoms with Crippen molar-refractivity contribution >= 4 is 12.2 Å². The second kappa shape index (κ2) is 4.40. The zero-order valence-electron chi connectivity index (χ0n) is 7.36. The van der Waals surface area contributed by atoms with E-state index >= 15 is 0 Å². The molecule has 1 amide bonds. The zero-order chi connectivity index (χ0) is 9.68. The number of hydrogen-bond donors (Lipinski definition) is 1. The van der Waals surface area contributed by atoms with Crippen LogP contribution in [0, 0.1) is 0 Å². The lowest BCUT2D eigenvalue weighted by atomic mass is 10.2. The molecule has 0 saturated carbocycles. The fourth-order valence-electron chi connectivity index (χ4n) is 0.914. The van der Waals surface area contributed by atoms with E-state index in [1.165, 1.54) is 0 Å². The number of benzene rings is 1. The molecule has 1 aromatic rings. The maximum absolute atomic E-state index is 11.3. The third-order valence-electron chi connectivity index (χ3n) is 1.60. The lowest BCUT2D eigenvalue weighted by Crippen LogP contribution is -2.33. The van der Waals surface area contributed by atoms with Gasteiger partial charge in [0.05, 0.1) is 6.04 Å². The van der Waals surface area contributed by atoms with Gasteiger partial charge in [-0.15, -0.1) is 0 Å². The zero-order valence-corrected chi connectivity index (χ0v) is 7.36. The lowest BCUT2D eigenvalue weighted by Gasteiger charge is -2.06. The molecular formula is C10H11NO2. The van der Waals surface area contributed by atoms with Crippen LogP contribution in [0.25, 0.3) is 0 Å². The van der Waals surface area contributed by atoms with Gasteiger partial charge in [-0.25, -0.2) is 0 Å². The van der Waals surface area contributed by atoms with Crippen LogP contribution < -0.4 is 5.32 Å². The molecule has 0 fully saturated rings. The minimum absolute atomic E-state index is 0.222. The third-order valence-corrected chi connectivity index (χ3v) is 1.60. The van der Waals surface area contributed by atoms with E-state index in [2.05, 4.69) is 5.32 Å². The molecular weight excluding hydrogens is 166 g/mol. The SMILES string of the molecule is C[C@H](C=O)NC(=O)c1ccccc1. The molecule has 1 rings (SSSR count). The van der Waals surface area contributed by atoms with Crippen molar-refractivity contribution in [1.82, 2.24) is 5.32 Å². The van der Waals surface area contributed by atoms with Crippen molar-refractivity contribution in [2.75, 3.05) is 0 Å². The van der Waals surface area contributed by atoms with Crippen molar-refractivity contribution in [3.05, 3.63) is 35.9 Å². The molecule has 0 heterocycles. The summed E-state index contributed by atoms with van der Waals surface area (Å²) in [5.41, 5.74) is 0.566. The summed E-state index contributed by atoms with van der Waals surface area (Å²) in [4.78, 5) is 21.6. The van der Waals surface area contributed by atoms with E-state index in [4.69, 9.17) is 0 Å². The number of aldehydes is 1. The van der Waals surface area contributed by atoms with Gasteiger partial charge in [-0.05, 0) is 19.1 Å². The maximum atomic E-state index is 11.3. The van der Waals surface area contributed by atoms with Crippen molar-refractivity contribution < 1.29 is 9.59 Å². The molecule has 0 bridgehead atoms. The molecule has 3 heteroatoms. The first-order valence-electron chi connectivity index (χ1n) is 4.05. The summed E-state index contributed by atoms with van der Waals surface area (Å²) < 4.78 is 0. The first kappa shape index (κ1) is 9.45. The Hall–Kier alpha value is -1.64. The second-order valence-electron chi connectivity index (χ2n) is 2.76. The van der Waals surface area contributed by atoms with Gasteiger partial charge in [-0.1, -0.05) is 18.2 Å². The van der Waals surface area contributed by atoms with E-state index in [-0.39, 0.29) is 5.91 Å². The Balaban J connectivity index is 2.64. The summed E-state index contributed by atoms with van der Waals surface area (Å²) in [6.45, 7) is 1.63. The molecule has 0 radical (unpaired) electrons. The second-order valence-corrected chi connectivity index (χ2v) is 2.76. The Morgan fingerprint density at radius 2 is 2.00 bits per heavy atom. The van der Waals surface area contributed by atoms with Gasteiger partial charge in [0.1, 0.15) is 6.29 Å². The van der Waals surface area contributed by atoms with Crippen molar-refractivity contribution in [3.8, 4) is 0 Å². The van der Waals surface area contributed by atoms with Crippen molar-refractivity contribution in [2.45, 2.75) is 13.0 Å². The first-order chi connectivity index (χ1) is 6.24. The Morgan fingerprint density at radius 3 is 2.54 bits per heavy atom. The maximum Gasteiger partial charge on any atom is 0.251 e. The Morgan fingerprint density at radius 1 is 1.38 bits per heavy atom. The number of nitrogens with one attached hydrogen (secondary N) is 1. The molecule has 0 aliphatic rings. The quantitative estimate of drug-likeness (QED) is 0.700. The van der Waals surface area contributed by atoms with E-state index in [1.807, 2.05) is 6.07 Å². The molecule has 0 spiro atoms. The summed E-state index contributed by atoms with van der Waals surface area (Å²) in [5.74, 6) is -0.222. The molecule has 1 N–H and O–H groups in total. The van der Waals surface area contributed by atoms with Crippen LogP contribution in [0.4, 0.5) is 0 Å². The third kappa shape index (κ3) is 2.71. The molecule has 68 valence electrons. The molecule has 0 saturated heterocycles. The highest BCUT2D eigenvalue weighted by Crippen LogP contribution is 1.97. The van der Waals surface area contributed by atoms with E-state index in [0.29, 0.717) is 11.8 Å². The molecule has 13 heavy (non-hydrogen) atoms. The molecule has 1 atom stereocenters. The summed E-state index contributed by atoms with van der Waals surface area (Å²) in [7, 11) is 0. The van der Waals surface area contributed by atoms with Gasteiger partial charge in [-0.3, -0.25) is 4.79 Å². The molecule has 0 aliphatic carbocycles. The summed E-state index contributed by atoms with van der Waals surface area (Å²) in [6.07, 6.45) is 0.695. The highest BCUT2D eigenvalue weighted by Gasteiger charge is 2.06. The van der Waals surface area contributed by atoms with Crippen LogP contribution in [0.15, 0.2) is 30.3 Å². The fourth-order valence-corrected chi connectivity index (χ4v) is 0.914. The van der Waals surface area contributed by atoms with Crippen LogP contribution in [-0.2, 0) is 4.79 Å². The molecule has 0 unspecified atom stereocenters. The summed E-state index contributed by atoms with van der Waals surface area (Å²) in [5, 5.41) is 2.54. The van der Waals surface area contributed by atoms with E-state index in [0.717, 1.165) is 0 Å². The number of carbonyl (C=O) groups excluding carboxylic acids is 2. The predicted molar refractivity (Wildman–Crippen MR) is 49.4 cm³/mol. The van der Waals surface area contributed by atoms with Crippen LogP contribution in [0.3, 0.4) is 0 Å². The Kier molecular flexibility index (Phi) is 3.20. The average Bonchev–Trinajstić information content (AvgIpc) is 2.19. The Bertz CT molecular complexity index is 295. The number of rotatable bonds is 3. The smallest absolute Gasteiger partial charge is 0.251 e.